The van der Waals surface area contributed by atoms with Crippen molar-refractivity contribution in [2.45, 2.75) is 0 Å². The van der Waals surface area contributed by atoms with Crippen molar-refractivity contribution in [2.24, 2.45) is 0 Å². The third-order valence-corrected chi connectivity index (χ3v) is 3.35. The van der Waals surface area contributed by atoms with Crippen LogP contribution in [0.25, 0.3) is 17.2 Å². The first kappa shape index (κ1) is 17.4. The van der Waals surface area contributed by atoms with Crippen molar-refractivity contribution in [3.05, 3.63) is 48.0 Å². The van der Waals surface area contributed by atoms with Crippen molar-refractivity contribution in [3.63, 3.8) is 0 Å². The zero-order valence-electron chi connectivity index (χ0n) is 13.2. The molecule has 0 saturated heterocycles. The molecule has 6 heteroatoms. The number of aromatic hydroxyl groups is 2. The number of nitrogens with one attached hydrogen (secondary N) is 1. The zero-order valence-corrected chi connectivity index (χ0v) is 13.2. The Hall–Kier alpha value is -2.99. The third kappa shape index (κ3) is 4.05. The molecule has 0 saturated carbocycles. The quantitative estimate of drug-likeness (QED) is 0.607. The van der Waals surface area contributed by atoms with Gasteiger partial charge < -0.3 is 25.4 Å². The Bertz CT molecular complexity index is 738. The van der Waals surface area contributed by atoms with Crippen LogP contribution in [0.5, 0.6) is 17.2 Å². The largest absolute Gasteiger partial charge is 0.508 e. The molecular weight excluding hydrogens is 310 g/mol. The number of hydrogen-bond acceptors (Lipinski definition) is 5. The lowest BCUT2D eigenvalue weighted by atomic mass is 9.97. The molecule has 126 valence electrons. The molecule has 0 aliphatic carbocycles. The highest BCUT2D eigenvalue weighted by Crippen LogP contribution is 2.40. The second-order valence-electron chi connectivity index (χ2n) is 4.98. The summed E-state index contributed by atoms with van der Waals surface area (Å²) in [6.45, 7) is 0.0399. The Morgan fingerprint density at radius 1 is 1.17 bits per heavy atom. The van der Waals surface area contributed by atoms with E-state index < -0.39 is 0 Å². The van der Waals surface area contributed by atoms with E-state index in [0.717, 1.165) is 5.56 Å². The molecule has 0 unspecified atom stereocenters. The molecule has 6 nitrogen and oxygen atoms in total. The molecule has 4 N–H and O–H groups in total. The second-order valence-corrected chi connectivity index (χ2v) is 4.98. The fourth-order valence-electron chi connectivity index (χ4n) is 2.26. The minimum Gasteiger partial charge on any atom is -0.508 e. The SMILES string of the molecule is COc1c(O)ccc(C=CC(=O)NCCO)c1-c1ccc(O)cc1. The van der Waals surface area contributed by atoms with Crippen LogP contribution in [0.3, 0.4) is 0 Å². The van der Waals surface area contributed by atoms with Gasteiger partial charge in [0.15, 0.2) is 11.5 Å². The Balaban J connectivity index is 2.46. The number of amides is 1. The Labute approximate surface area is 139 Å². The minimum absolute atomic E-state index is 0.0255. The third-order valence-electron chi connectivity index (χ3n) is 3.35. The van der Waals surface area contributed by atoms with Gasteiger partial charge in [-0.1, -0.05) is 18.2 Å². The van der Waals surface area contributed by atoms with Crippen molar-refractivity contribution in [1.82, 2.24) is 5.32 Å². The van der Waals surface area contributed by atoms with E-state index in [1.807, 2.05) is 0 Å². The molecule has 0 aliphatic heterocycles. The van der Waals surface area contributed by atoms with Crippen LogP contribution in [-0.4, -0.2) is 41.5 Å². The minimum atomic E-state index is -0.340. The molecule has 0 radical (unpaired) electrons. The molecular formula is C18H19NO5. The summed E-state index contributed by atoms with van der Waals surface area (Å²) in [6, 6.07) is 9.58. The number of aliphatic hydroxyl groups excluding tert-OH is 1. The van der Waals surface area contributed by atoms with Gasteiger partial charge in [0.2, 0.25) is 5.91 Å². The number of benzene rings is 2. The lowest BCUT2D eigenvalue weighted by molar-refractivity contribution is -0.116. The first-order chi connectivity index (χ1) is 11.6. The smallest absolute Gasteiger partial charge is 0.244 e. The van der Waals surface area contributed by atoms with Gasteiger partial charge in [-0.25, -0.2) is 0 Å². The van der Waals surface area contributed by atoms with Gasteiger partial charge >= 0.3 is 0 Å². The van der Waals surface area contributed by atoms with E-state index in [1.165, 1.54) is 31.4 Å². The molecule has 0 aromatic heterocycles. The summed E-state index contributed by atoms with van der Waals surface area (Å²) in [4.78, 5) is 11.7. The molecule has 0 bridgehead atoms. The van der Waals surface area contributed by atoms with Gasteiger partial charge in [-0.3, -0.25) is 4.79 Å². The van der Waals surface area contributed by atoms with Crippen LogP contribution in [0.4, 0.5) is 0 Å². The van der Waals surface area contributed by atoms with Crippen LogP contribution in [0.1, 0.15) is 5.56 Å². The molecule has 1 amide bonds. The van der Waals surface area contributed by atoms with Gasteiger partial charge in [-0.15, -0.1) is 0 Å². The van der Waals surface area contributed by atoms with E-state index in [-0.39, 0.29) is 36.3 Å². The molecule has 0 spiro atoms. The maximum atomic E-state index is 11.7. The lowest BCUT2D eigenvalue weighted by Gasteiger charge is -2.14. The molecule has 0 fully saturated rings. The topological polar surface area (TPSA) is 99.0 Å². The highest BCUT2D eigenvalue weighted by molar-refractivity contribution is 5.94. The standard InChI is InChI=1S/C18H19NO5/c1-24-18-15(22)8-4-13(5-9-16(23)19-10-11-20)17(18)12-2-6-14(21)7-3-12/h2-9,20-22H,10-11H2,1H3,(H,19,23). The van der Waals surface area contributed by atoms with Crippen molar-refractivity contribution in [1.29, 1.82) is 0 Å². The monoisotopic (exact) mass is 329 g/mol. The summed E-state index contributed by atoms with van der Waals surface area (Å²) in [5.41, 5.74) is 1.98. The van der Waals surface area contributed by atoms with E-state index in [9.17, 15) is 15.0 Å². The predicted molar refractivity (Wildman–Crippen MR) is 90.9 cm³/mol. The summed E-state index contributed by atoms with van der Waals surface area (Å²) in [5, 5.41) is 30.7. The van der Waals surface area contributed by atoms with E-state index in [2.05, 4.69) is 5.32 Å². The Morgan fingerprint density at radius 3 is 2.50 bits per heavy atom. The van der Waals surface area contributed by atoms with Crippen molar-refractivity contribution >= 4 is 12.0 Å². The summed E-state index contributed by atoms with van der Waals surface area (Å²) < 4.78 is 5.29. The number of methoxy groups -OCH3 is 1. The first-order valence-electron chi connectivity index (χ1n) is 7.33. The number of aliphatic hydroxyl groups is 1. The summed E-state index contributed by atoms with van der Waals surface area (Å²) in [5.74, 6) is 0.0344. The number of phenols is 2. The molecule has 0 heterocycles. The van der Waals surface area contributed by atoms with E-state index >= 15 is 0 Å². The van der Waals surface area contributed by atoms with Gasteiger partial charge in [0.05, 0.1) is 13.7 Å². The maximum Gasteiger partial charge on any atom is 0.244 e. The van der Waals surface area contributed by atoms with Gasteiger partial charge in [-0.2, -0.15) is 0 Å². The van der Waals surface area contributed by atoms with Crippen molar-refractivity contribution in [2.75, 3.05) is 20.3 Å². The van der Waals surface area contributed by atoms with Gasteiger partial charge in [-0.05, 0) is 35.4 Å². The van der Waals surface area contributed by atoms with Crippen LogP contribution in [0, 0.1) is 0 Å². The lowest BCUT2D eigenvalue weighted by Crippen LogP contribution is -2.24. The zero-order chi connectivity index (χ0) is 17.5. The maximum absolute atomic E-state index is 11.7. The molecule has 24 heavy (non-hydrogen) atoms. The van der Waals surface area contributed by atoms with Crippen LogP contribution < -0.4 is 10.1 Å². The van der Waals surface area contributed by atoms with Crippen LogP contribution in [0.15, 0.2) is 42.5 Å². The Kier molecular flexibility index (Phi) is 5.81. The van der Waals surface area contributed by atoms with Crippen LogP contribution in [-0.2, 0) is 4.79 Å². The average molecular weight is 329 g/mol. The first-order valence-corrected chi connectivity index (χ1v) is 7.33. The highest BCUT2D eigenvalue weighted by Gasteiger charge is 2.14. The molecule has 2 aromatic carbocycles. The summed E-state index contributed by atoms with van der Waals surface area (Å²) in [7, 11) is 1.44. The van der Waals surface area contributed by atoms with Crippen LogP contribution >= 0.6 is 0 Å². The number of ether oxygens (including phenoxy) is 1. The van der Waals surface area contributed by atoms with E-state index in [0.29, 0.717) is 11.1 Å². The summed E-state index contributed by atoms with van der Waals surface area (Å²) >= 11 is 0. The number of rotatable bonds is 6. The van der Waals surface area contributed by atoms with Crippen molar-refractivity contribution in [3.8, 4) is 28.4 Å². The van der Waals surface area contributed by atoms with Gasteiger partial charge in [0, 0.05) is 18.2 Å². The molecule has 0 atom stereocenters. The molecule has 0 aliphatic rings. The average Bonchev–Trinajstić information content (AvgIpc) is 2.59. The van der Waals surface area contributed by atoms with Gasteiger partial charge in [0.1, 0.15) is 5.75 Å². The van der Waals surface area contributed by atoms with E-state index in [1.54, 1.807) is 24.3 Å². The molecule has 2 rings (SSSR count). The fraction of sp³-hybridized carbons (Fsp3) is 0.167. The summed E-state index contributed by atoms with van der Waals surface area (Å²) in [6.07, 6.45) is 2.93. The van der Waals surface area contributed by atoms with Crippen LogP contribution in [0.2, 0.25) is 0 Å². The second kappa shape index (κ2) is 8.03. The van der Waals surface area contributed by atoms with Gasteiger partial charge in [0.25, 0.3) is 0 Å². The molecule has 2 aromatic rings. The predicted octanol–water partition coefficient (Wildman–Crippen LogP) is 1.90. The number of phenolic OH excluding ortho intramolecular Hbond substituents is 2. The fourth-order valence-corrected chi connectivity index (χ4v) is 2.26. The normalized spacial score (nSPS) is 10.8. The number of carbonyl (C=O) groups is 1. The van der Waals surface area contributed by atoms with Crippen molar-refractivity contribution < 1.29 is 24.9 Å². The number of carbonyl (C=O) groups excluding carboxylic acids is 1. The highest BCUT2D eigenvalue weighted by atomic mass is 16.5. The van der Waals surface area contributed by atoms with E-state index in [4.69, 9.17) is 9.84 Å². The number of hydrogen-bond donors (Lipinski definition) is 4. The Morgan fingerprint density at radius 2 is 1.88 bits per heavy atom.